The first kappa shape index (κ1) is 38.7. The number of nitrogens with zero attached hydrogens (tertiary/aromatic N) is 2. The number of rotatable bonds is 8. The molecule has 0 radical (unpaired) electrons. The van der Waals surface area contributed by atoms with Crippen molar-refractivity contribution in [3.05, 3.63) is 289 Å². The fourth-order valence-electron chi connectivity index (χ4n) is 11.2. The Kier molecular flexibility index (Phi) is 9.11. The molecule has 2 nitrogen and oxygen atoms in total. The molecule has 13 rings (SSSR count). The first-order valence-electron chi connectivity index (χ1n) is 23.2. The Labute approximate surface area is 390 Å². The molecule has 1 aliphatic rings. The number of hydrogen-bond acceptors (Lipinski definition) is 2. The summed E-state index contributed by atoms with van der Waals surface area (Å²) in [7, 11) is 0. The second-order valence-electron chi connectivity index (χ2n) is 17.6. The molecule has 1 aliphatic carbocycles. The summed E-state index contributed by atoms with van der Waals surface area (Å²) in [6.45, 7) is 0. The zero-order valence-electron chi connectivity index (χ0n) is 36.8. The van der Waals surface area contributed by atoms with Crippen molar-refractivity contribution in [3.8, 4) is 11.1 Å². The smallest absolute Gasteiger partial charge is 0.0713 e. The zero-order valence-corrected chi connectivity index (χ0v) is 36.8. The quantitative estimate of drug-likeness (QED) is 0.150. The van der Waals surface area contributed by atoms with Gasteiger partial charge in [0.15, 0.2) is 0 Å². The topological polar surface area (TPSA) is 6.48 Å². The van der Waals surface area contributed by atoms with Gasteiger partial charge >= 0.3 is 0 Å². The van der Waals surface area contributed by atoms with Crippen LogP contribution in [0.1, 0.15) is 22.3 Å². The van der Waals surface area contributed by atoms with Crippen LogP contribution < -0.4 is 9.80 Å². The van der Waals surface area contributed by atoms with E-state index in [-0.39, 0.29) is 0 Å². The van der Waals surface area contributed by atoms with E-state index < -0.39 is 5.41 Å². The second-order valence-corrected chi connectivity index (χ2v) is 17.6. The van der Waals surface area contributed by atoms with Crippen LogP contribution in [0.3, 0.4) is 0 Å². The molecule has 0 aliphatic heterocycles. The van der Waals surface area contributed by atoms with Crippen LogP contribution >= 0.6 is 0 Å². The summed E-state index contributed by atoms with van der Waals surface area (Å²) in [6, 6.07) is 98.3. The van der Waals surface area contributed by atoms with Crippen molar-refractivity contribution < 1.29 is 0 Å². The largest absolute Gasteiger partial charge is 0.309 e. The van der Waals surface area contributed by atoms with Gasteiger partial charge in [0, 0.05) is 32.9 Å². The SMILES string of the molecule is c1ccc2c(c1)-c1ccccc1C2(c1ccc(N(c2cccc3ccccc23)c2cccc3ccccc23)cc1)c1ccc(N(c2cccc3ccccc23)c2cccc3ccccc23)cc1. The van der Waals surface area contributed by atoms with Gasteiger partial charge in [-0.05, 0) is 103 Å². The van der Waals surface area contributed by atoms with Crippen molar-refractivity contribution in [1.29, 1.82) is 0 Å². The van der Waals surface area contributed by atoms with Gasteiger partial charge in [-0.2, -0.15) is 0 Å². The Morgan fingerprint density at radius 1 is 0.224 bits per heavy atom. The summed E-state index contributed by atoms with van der Waals surface area (Å²) in [4.78, 5) is 4.89. The molecule has 0 heterocycles. The maximum Gasteiger partial charge on any atom is 0.0713 e. The fourth-order valence-corrected chi connectivity index (χ4v) is 11.2. The Hall–Kier alpha value is -8.72. The molecule has 2 heteroatoms. The van der Waals surface area contributed by atoms with E-state index in [0.717, 1.165) is 34.1 Å². The molecule has 12 aromatic rings. The molecule has 0 fully saturated rings. The second kappa shape index (κ2) is 15.8. The van der Waals surface area contributed by atoms with Crippen molar-refractivity contribution in [1.82, 2.24) is 0 Å². The highest BCUT2D eigenvalue weighted by atomic mass is 15.2. The van der Waals surface area contributed by atoms with Crippen LogP contribution in [0.25, 0.3) is 54.2 Å². The molecule has 0 amide bonds. The molecule has 67 heavy (non-hydrogen) atoms. The van der Waals surface area contributed by atoms with Crippen LogP contribution in [-0.2, 0) is 5.41 Å². The average molecular weight is 853 g/mol. The number of benzene rings is 12. The van der Waals surface area contributed by atoms with Crippen molar-refractivity contribution >= 4 is 77.2 Å². The summed E-state index contributed by atoms with van der Waals surface area (Å²) in [5, 5.41) is 9.67. The lowest BCUT2D eigenvalue weighted by atomic mass is 9.67. The van der Waals surface area contributed by atoms with Crippen molar-refractivity contribution in [2.45, 2.75) is 5.41 Å². The third kappa shape index (κ3) is 6.11. The predicted molar refractivity (Wildman–Crippen MR) is 283 cm³/mol. The highest BCUT2D eigenvalue weighted by Crippen LogP contribution is 2.57. The highest BCUT2D eigenvalue weighted by molar-refractivity contribution is 6.06. The lowest BCUT2D eigenvalue weighted by Gasteiger charge is -2.35. The van der Waals surface area contributed by atoms with Gasteiger partial charge in [0.25, 0.3) is 0 Å². The minimum Gasteiger partial charge on any atom is -0.309 e. The van der Waals surface area contributed by atoms with Gasteiger partial charge in [-0.25, -0.2) is 0 Å². The van der Waals surface area contributed by atoms with E-state index in [9.17, 15) is 0 Å². The van der Waals surface area contributed by atoms with Gasteiger partial charge in [0.05, 0.1) is 28.2 Å². The molecule has 0 aromatic heterocycles. The fraction of sp³-hybridized carbons (Fsp3) is 0.0154. The zero-order chi connectivity index (χ0) is 44.3. The molecule has 0 saturated heterocycles. The van der Waals surface area contributed by atoms with Crippen molar-refractivity contribution in [2.24, 2.45) is 0 Å². The van der Waals surface area contributed by atoms with Crippen LogP contribution in [0, 0.1) is 0 Å². The molecule has 0 unspecified atom stereocenters. The van der Waals surface area contributed by atoms with Gasteiger partial charge in [0.2, 0.25) is 0 Å². The van der Waals surface area contributed by atoms with E-state index in [1.165, 1.54) is 76.5 Å². The van der Waals surface area contributed by atoms with E-state index in [0.29, 0.717) is 0 Å². The van der Waals surface area contributed by atoms with Crippen LogP contribution in [0.5, 0.6) is 0 Å². The van der Waals surface area contributed by atoms with Crippen LogP contribution in [-0.4, -0.2) is 0 Å². The number of fused-ring (bicyclic) bond motifs is 7. The van der Waals surface area contributed by atoms with Crippen LogP contribution in [0.2, 0.25) is 0 Å². The Morgan fingerprint density at radius 2 is 0.493 bits per heavy atom. The molecule has 0 saturated carbocycles. The highest BCUT2D eigenvalue weighted by Gasteiger charge is 2.46. The molecule has 314 valence electrons. The standard InChI is InChI=1S/C65H44N2/c1-5-25-53-45(17-1)21-13-33-61(53)66(62-34-14-22-46-18-2-6-26-54(46)62)51-41-37-49(38-42-51)65(59-31-11-9-29-57(59)58-30-10-12-32-60(58)65)50-39-43-52(44-40-50)67(63-35-15-23-47-19-3-7-27-55(47)63)64-36-16-24-48-20-4-8-28-56(48)64/h1-44H. The van der Waals surface area contributed by atoms with E-state index in [1.807, 2.05) is 0 Å². The lowest BCUT2D eigenvalue weighted by Crippen LogP contribution is -2.28. The Morgan fingerprint density at radius 3 is 0.821 bits per heavy atom. The first-order chi connectivity index (χ1) is 33.3. The van der Waals surface area contributed by atoms with Crippen LogP contribution in [0.15, 0.2) is 267 Å². The minimum atomic E-state index is -0.586. The average Bonchev–Trinajstić information content (AvgIpc) is 3.70. The van der Waals surface area contributed by atoms with Gasteiger partial charge in [-0.3, -0.25) is 0 Å². The molecular formula is C65H44N2. The summed E-state index contributed by atoms with van der Waals surface area (Å²) in [5.41, 5.74) is 13.7. The minimum absolute atomic E-state index is 0.586. The van der Waals surface area contributed by atoms with Gasteiger partial charge in [0.1, 0.15) is 0 Å². The van der Waals surface area contributed by atoms with E-state index in [4.69, 9.17) is 0 Å². The van der Waals surface area contributed by atoms with Gasteiger partial charge in [-0.15, -0.1) is 0 Å². The monoisotopic (exact) mass is 852 g/mol. The summed E-state index contributed by atoms with van der Waals surface area (Å²) in [6.07, 6.45) is 0. The van der Waals surface area contributed by atoms with Crippen molar-refractivity contribution in [3.63, 3.8) is 0 Å². The first-order valence-corrected chi connectivity index (χ1v) is 23.2. The maximum absolute atomic E-state index is 2.45. The maximum atomic E-state index is 2.45. The van der Waals surface area contributed by atoms with Gasteiger partial charge in [-0.1, -0.05) is 218 Å². The van der Waals surface area contributed by atoms with E-state index in [2.05, 4.69) is 277 Å². The summed E-state index contributed by atoms with van der Waals surface area (Å²) in [5.74, 6) is 0. The van der Waals surface area contributed by atoms with E-state index >= 15 is 0 Å². The Balaban J connectivity index is 1.01. The lowest BCUT2D eigenvalue weighted by molar-refractivity contribution is 0.768. The van der Waals surface area contributed by atoms with Crippen molar-refractivity contribution in [2.75, 3.05) is 9.80 Å². The molecular weight excluding hydrogens is 809 g/mol. The van der Waals surface area contributed by atoms with E-state index in [1.54, 1.807) is 0 Å². The predicted octanol–water partition coefficient (Wildman–Crippen LogP) is 17.6. The third-order valence-electron chi connectivity index (χ3n) is 14.1. The molecule has 0 spiro atoms. The number of anilines is 6. The molecule has 0 atom stereocenters. The van der Waals surface area contributed by atoms with Gasteiger partial charge < -0.3 is 9.80 Å². The Bertz CT molecular complexity index is 3400. The number of hydrogen-bond donors (Lipinski definition) is 0. The third-order valence-corrected chi connectivity index (χ3v) is 14.1. The normalized spacial score (nSPS) is 12.6. The molecule has 0 N–H and O–H groups in total. The summed E-state index contributed by atoms with van der Waals surface area (Å²) >= 11 is 0. The molecule has 0 bridgehead atoms. The summed E-state index contributed by atoms with van der Waals surface area (Å²) < 4.78 is 0. The molecule has 12 aromatic carbocycles. The van der Waals surface area contributed by atoms with Crippen LogP contribution in [0.4, 0.5) is 34.1 Å².